The van der Waals surface area contributed by atoms with E-state index in [-0.39, 0.29) is 17.4 Å². The molecule has 3 unspecified atom stereocenters. The summed E-state index contributed by atoms with van der Waals surface area (Å²) in [4.78, 5) is 33.1. The lowest BCUT2D eigenvalue weighted by atomic mass is 9.41. The molecular weight excluding hydrogens is 541 g/mol. The minimum absolute atomic E-state index is 0.0795. The molecule has 2 bridgehead atoms. The number of aliphatic imine (C=N–C) groups is 1. The van der Waals surface area contributed by atoms with Crippen molar-refractivity contribution in [2.45, 2.75) is 66.0 Å². The van der Waals surface area contributed by atoms with E-state index in [1.54, 1.807) is 12.1 Å². The van der Waals surface area contributed by atoms with E-state index < -0.39 is 0 Å². The summed E-state index contributed by atoms with van der Waals surface area (Å²) in [6.45, 7) is 10.2. The Bertz CT molecular complexity index is 1790. The highest BCUT2D eigenvalue weighted by atomic mass is 19.1. The SMILES string of the molecule is Cc1ccc(CCn2cnc3cc(N=C(N)N4CCc5[nH]cnc5C4C4C[C@@H](C)C5C[C@@H]4C5(C)C)ccc3c2=O)c(F)c1. The van der Waals surface area contributed by atoms with E-state index in [9.17, 15) is 9.18 Å². The molecule has 0 radical (unpaired) electrons. The highest BCUT2D eigenvalue weighted by Crippen LogP contribution is 2.66. The third-order valence-corrected chi connectivity index (χ3v) is 10.8. The van der Waals surface area contributed by atoms with Gasteiger partial charge in [-0.2, -0.15) is 0 Å². The average molecular weight is 582 g/mol. The minimum Gasteiger partial charge on any atom is -0.369 e. The number of imidazole rings is 1. The van der Waals surface area contributed by atoms with Crippen molar-refractivity contribution >= 4 is 22.5 Å². The molecule has 0 spiro atoms. The fourth-order valence-corrected chi connectivity index (χ4v) is 8.46. The first-order valence-electron chi connectivity index (χ1n) is 15.5. The van der Waals surface area contributed by atoms with Crippen LogP contribution in [-0.2, 0) is 19.4 Å². The van der Waals surface area contributed by atoms with Crippen molar-refractivity contribution in [1.29, 1.82) is 0 Å². The lowest BCUT2D eigenvalue weighted by Gasteiger charge is -2.65. The third kappa shape index (κ3) is 4.64. The maximum Gasteiger partial charge on any atom is 0.261 e. The first-order valence-corrected chi connectivity index (χ1v) is 15.5. The van der Waals surface area contributed by atoms with E-state index >= 15 is 0 Å². The summed E-state index contributed by atoms with van der Waals surface area (Å²) in [7, 11) is 0. The minimum atomic E-state index is -0.250. The largest absolute Gasteiger partial charge is 0.369 e. The van der Waals surface area contributed by atoms with Gasteiger partial charge in [0.2, 0.25) is 0 Å². The van der Waals surface area contributed by atoms with Gasteiger partial charge in [-0.15, -0.1) is 0 Å². The van der Waals surface area contributed by atoms with Crippen LogP contribution >= 0.6 is 0 Å². The summed E-state index contributed by atoms with van der Waals surface area (Å²) in [5.74, 6) is 2.76. The van der Waals surface area contributed by atoms with Gasteiger partial charge in [-0.3, -0.25) is 9.36 Å². The number of aromatic amines is 1. The van der Waals surface area contributed by atoms with Crippen molar-refractivity contribution in [1.82, 2.24) is 24.4 Å². The smallest absolute Gasteiger partial charge is 0.261 e. The maximum atomic E-state index is 14.3. The second kappa shape index (κ2) is 10.3. The van der Waals surface area contributed by atoms with Crippen molar-refractivity contribution < 1.29 is 4.39 Å². The Labute approximate surface area is 251 Å². The first-order chi connectivity index (χ1) is 20.6. The van der Waals surface area contributed by atoms with Crippen molar-refractivity contribution in [2.75, 3.05) is 6.54 Å². The fourth-order valence-electron chi connectivity index (χ4n) is 8.46. The third-order valence-electron chi connectivity index (χ3n) is 10.8. The van der Waals surface area contributed by atoms with Crippen LogP contribution in [0.4, 0.5) is 10.1 Å². The number of guanidine groups is 1. The molecule has 0 saturated heterocycles. The molecule has 8 rings (SSSR count). The van der Waals surface area contributed by atoms with Crippen LogP contribution in [-0.4, -0.2) is 36.9 Å². The molecule has 9 heteroatoms. The Morgan fingerprint density at radius 2 is 2.00 bits per heavy atom. The van der Waals surface area contributed by atoms with Crippen LogP contribution in [0.5, 0.6) is 0 Å². The standard InChI is InChI=1S/C34H40FN7O/c1-19-5-6-21(27(35)13-19)9-11-41-18-39-29-15-22(7-8-23(29)32(41)43)40-33(36)42-12-10-28-30(38-17-37-28)31(42)24-14-20(2)25-16-26(24)34(25,3)4/h5-8,13,15,17-18,20,24-26,31H,9-12,14,16H2,1-4H3,(H2,36,40)(H,37,38)/t20-,24?,25?,26+,31?/m1/s1. The number of rotatable bonds is 5. The summed E-state index contributed by atoms with van der Waals surface area (Å²) in [6, 6.07) is 10.7. The van der Waals surface area contributed by atoms with E-state index in [2.05, 4.69) is 35.6 Å². The number of benzene rings is 2. The van der Waals surface area contributed by atoms with Gasteiger partial charge in [0.05, 0.1) is 41.0 Å². The number of hydrogen-bond donors (Lipinski definition) is 2. The van der Waals surface area contributed by atoms with E-state index in [4.69, 9.17) is 15.7 Å². The molecule has 1 aliphatic heterocycles. The number of aryl methyl sites for hydroxylation is 3. The number of halogens is 1. The number of nitrogens with zero attached hydrogens (tertiary/aromatic N) is 5. The van der Waals surface area contributed by atoms with Crippen LogP contribution < -0.4 is 11.3 Å². The number of aromatic nitrogens is 4. The topological polar surface area (TPSA) is 105 Å². The van der Waals surface area contributed by atoms with Crippen LogP contribution in [0.15, 0.2) is 58.8 Å². The second-order valence-electron chi connectivity index (χ2n) is 13.6. The molecule has 43 heavy (non-hydrogen) atoms. The first kappa shape index (κ1) is 27.8. The zero-order chi connectivity index (χ0) is 30.0. The molecule has 3 fully saturated rings. The Morgan fingerprint density at radius 3 is 2.77 bits per heavy atom. The zero-order valence-electron chi connectivity index (χ0n) is 25.3. The molecule has 3 saturated carbocycles. The molecule has 3 aliphatic carbocycles. The molecule has 4 aliphatic rings. The van der Waals surface area contributed by atoms with E-state index in [0.717, 1.165) is 30.1 Å². The lowest BCUT2D eigenvalue weighted by Crippen LogP contribution is -2.60. The number of fused-ring (bicyclic) bond motifs is 4. The van der Waals surface area contributed by atoms with Gasteiger partial charge in [0, 0.05) is 25.2 Å². The predicted octanol–water partition coefficient (Wildman–Crippen LogP) is 5.67. The Balaban J connectivity index is 1.16. The second-order valence-corrected chi connectivity index (χ2v) is 13.6. The summed E-state index contributed by atoms with van der Waals surface area (Å²) < 4.78 is 15.9. The summed E-state index contributed by atoms with van der Waals surface area (Å²) in [5, 5.41) is 0.499. The molecule has 5 atom stereocenters. The monoisotopic (exact) mass is 581 g/mol. The number of nitrogens with two attached hydrogens (primary N) is 1. The van der Waals surface area contributed by atoms with Crippen molar-refractivity contribution in [2.24, 2.45) is 39.8 Å². The summed E-state index contributed by atoms with van der Waals surface area (Å²) >= 11 is 0. The fraction of sp³-hybridized carbons (Fsp3) is 0.471. The van der Waals surface area contributed by atoms with Crippen molar-refractivity contribution in [3.63, 3.8) is 0 Å². The molecule has 3 N–H and O–H groups in total. The van der Waals surface area contributed by atoms with Crippen LogP contribution in [0.1, 0.15) is 62.2 Å². The molecule has 0 amide bonds. The zero-order valence-corrected chi connectivity index (χ0v) is 25.3. The molecule has 8 nitrogen and oxygen atoms in total. The van der Waals surface area contributed by atoms with Crippen LogP contribution in [0, 0.1) is 41.8 Å². The van der Waals surface area contributed by atoms with Crippen molar-refractivity contribution in [3.05, 3.63) is 87.7 Å². The molecule has 224 valence electrons. The molecule has 4 aromatic rings. The summed E-state index contributed by atoms with van der Waals surface area (Å²) in [5.41, 5.74) is 11.9. The average Bonchev–Trinajstić information content (AvgIpc) is 3.45. The van der Waals surface area contributed by atoms with E-state index in [1.165, 1.54) is 35.5 Å². The van der Waals surface area contributed by atoms with Gasteiger partial charge < -0.3 is 15.6 Å². The highest BCUT2D eigenvalue weighted by Gasteiger charge is 2.60. The summed E-state index contributed by atoms with van der Waals surface area (Å²) in [6.07, 6.45) is 7.04. The van der Waals surface area contributed by atoms with Gasteiger partial charge in [0.15, 0.2) is 5.96 Å². The van der Waals surface area contributed by atoms with Gasteiger partial charge in [0.1, 0.15) is 5.82 Å². The van der Waals surface area contributed by atoms with Crippen LogP contribution in [0.25, 0.3) is 10.9 Å². The van der Waals surface area contributed by atoms with E-state index in [0.29, 0.717) is 64.2 Å². The number of H-pyrrole nitrogens is 1. The van der Waals surface area contributed by atoms with Crippen LogP contribution in [0.3, 0.4) is 0 Å². The lowest BCUT2D eigenvalue weighted by molar-refractivity contribution is -0.153. The maximum absolute atomic E-state index is 14.3. The van der Waals surface area contributed by atoms with E-state index in [1.807, 2.05) is 31.5 Å². The Morgan fingerprint density at radius 1 is 1.16 bits per heavy atom. The van der Waals surface area contributed by atoms with Gasteiger partial charge in [-0.05, 0) is 90.7 Å². The van der Waals surface area contributed by atoms with Gasteiger partial charge in [-0.25, -0.2) is 19.4 Å². The highest BCUT2D eigenvalue weighted by molar-refractivity contribution is 5.85. The van der Waals surface area contributed by atoms with Gasteiger partial charge in [-0.1, -0.05) is 32.9 Å². The molecular formula is C34H40FN7O. The molecule has 2 aromatic heterocycles. The Kier molecular flexibility index (Phi) is 6.67. The number of hydrogen-bond acceptors (Lipinski definition) is 4. The van der Waals surface area contributed by atoms with Crippen molar-refractivity contribution in [3.8, 4) is 0 Å². The quantitative estimate of drug-likeness (QED) is 0.233. The normalized spacial score (nSPS) is 26.3. The van der Waals surface area contributed by atoms with Gasteiger partial charge in [0.25, 0.3) is 5.56 Å². The Hall–Kier alpha value is -4.01. The van der Waals surface area contributed by atoms with Gasteiger partial charge >= 0.3 is 0 Å². The number of nitrogens with one attached hydrogen (secondary N) is 1. The van der Waals surface area contributed by atoms with Crippen LogP contribution in [0.2, 0.25) is 0 Å². The molecule has 3 heterocycles. The molecule has 2 aromatic carbocycles. The predicted molar refractivity (Wildman–Crippen MR) is 167 cm³/mol.